The molecule has 0 radical (unpaired) electrons. The molecule has 2 rings (SSSR count). The van der Waals surface area contributed by atoms with E-state index in [2.05, 4.69) is 29.1 Å². The van der Waals surface area contributed by atoms with Gasteiger partial charge in [-0.15, -0.1) is 0 Å². The van der Waals surface area contributed by atoms with Gasteiger partial charge in [0.25, 0.3) is 0 Å². The maximum Gasteiger partial charge on any atom is 0.329 e. The summed E-state index contributed by atoms with van der Waals surface area (Å²) < 4.78 is 0. The molecule has 1 heterocycles. The molecular formula is C12H17ClN4O2. The predicted octanol–water partition coefficient (Wildman–Crippen LogP) is 3.42. The third-order valence-corrected chi connectivity index (χ3v) is 3.80. The highest BCUT2D eigenvalue weighted by Crippen LogP contribution is 2.36. The zero-order chi connectivity index (χ0) is 14.0. The summed E-state index contributed by atoms with van der Waals surface area (Å²) in [6.07, 6.45) is 5.29. The van der Waals surface area contributed by atoms with Gasteiger partial charge in [0.1, 0.15) is 6.20 Å². The van der Waals surface area contributed by atoms with Crippen molar-refractivity contribution >= 4 is 23.1 Å². The van der Waals surface area contributed by atoms with Crippen molar-refractivity contribution < 1.29 is 4.92 Å². The van der Waals surface area contributed by atoms with Gasteiger partial charge in [-0.25, -0.2) is 4.98 Å². The summed E-state index contributed by atoms with van der Waals surface area (Å²) in [5.74, 6) is 0.217. The van der Waals surface area contributed by atoms with Crippen LogP contribution in [-0.2, 0) is 0 Å². The molecule has 1 aliphatic rings. The Bertz CT molecular complexity index is 483. The summed E-state index contributed by atoms with van der Waals surface area (Å²) in [5.41, 5.74) is 0.224. The zero-order valence-corrected chi connectivity index (χ0v) is 11.8. The summed E-state index contributed by atoms with van der Waals surface area (Å²) in [6, 6.07) is 0.206. The van der Waals surface area contributed by atoms with E-state index in [9.17, 15) is 10.1 Å². The average molecular weight is 285 g/mol. The summed E-state index contributed by atoms with van der Waals surface area (Å²) in [4.78, 5) is 18.0. The molecular weight excluding hydrogens is 268 g/mol. The first-order valence-corrected chi connectivity index (χ1v) is 6.69. The highest BCUT2D eigenvalue weighted by atomic mass is 35.5. The second kappa shape index (κ2) is 5.28. The van der Waals surface area contributed by atoms with Crippen LogP contribution < -0.4 is 5.32 Å². The van der Waals surface area contributed by atoms with Gasteiger partial charge in [0.15, 0.2) is 0 Å². The van der Waals surface area contributed by atoms with Crippen LogP contribution in [0, 0.1) is 15.5 Å². The van der Waals surface area contributed by atoms with Crippen molar-refractivity contribution in [2.45, 2.75) is 45.6 Å². The zero-order valence-electron chi connectivity index (χ0n) is 11.0. The number of rotatable bonds is 3. The Hall–Kier alpha value is -1.43. The first-order chi connectivity index (χ1) is 8.87. The molecule has 19 heavy (non-hydrogen) atoms. The minimum atomic E-state index is -0.495. The van der Waals surface area contributed by atoms with Gasteiger partial charge in [0.05, 0.1) is 4.92 Å². The molecule has 1 N–H and O–H groups in total. The lowest BCUT2D eigenvalue weighted by molar-refractivity contribution is -0.384. The molecule has 0 unspecified atom stereocenters. The Kier molecular flexibility index (Phi) is 3.89. The van der Waals surface area contributed by atoms with Gasteiger partial charge in [0.2, 0.25) is 11.1 Å². The molecule has 0 amide bonds. The monoisotopic (exact) mass is 284 g/mol. The molecule has 0 spiro atoms. The van der Waals surface area contributed by atoms with E-state index in [1.54, 1.807) is 0 Å². The smallest absolute Gasteiger partial charge is 0.329 e. The van der Waals surface area contributed by atoms with Crippen molar-refractivity contribution in [3.05, 3.63) is 21.6 Å². The second-order valence-corrected chi connectivity index (χ2v) is 6.05. The number of hydrogen-bond acceptors (Lipinski definition) is 5. The quantitative estimate of drug-likeness (QED) is 0.522. The Morgan fingerprint density at radius 1 is 1.47 bits per heavy atom. The second-order valence-electron chi connectivity index (χ2n) is 5.71. The molecule has 6 nitrogen and oxygen atoms in total. The van der Waals surface area contributed by atoms with Gasteiger partial charge >= 0.3 is 5.69 Å². The van der Waals surface area contributed by atoms with Gasteiger partial charge in [-0.3, -0.25) is 10.1 Å². The molecule has 1 aliphatic carbocycles. The Morgan fingerprint density at radius 2 is 2.11 bits per heavy atom. The molecule has 0 bridgehead atoms. The van der Waals surface area contributed by atoms with Crippen molar-refractivity contribution in [2.75, 3.05) is 5.32 Å². The van der Waals surface area contributed by atoms with Crippen LogP contribution >= 0.6 is 11.6 Å². The van der Waals surface area contributed by atoms with Crippen molar-refractivity contribution in [3.8, 4) is 0 Å². The SMILES string of the molecule is CC1(C)CCC(Nc2nc(Cl)ncc2[N+](=O)[O-])CC1. The topological polar surface area (TPSA) is 81.0 Å². The van der Waals surface area contributed by atoms with Crippen LogP contribution in [0.25, 0.3) is 0 Å². The number of nitro groups is 1. The van der Waals surface area contributed by atoms with E-state index < -0.39 is 4.92 Å². The highest BCUT2D eigenvalue weighted by molar-refractivity contribution is 6.28. The molecule has 104 valence electrons. The van der Waals surface area contributed by atoms with Gasteiger partial charge < -0.3 is 5.32 Å². The summed E-state index contributed by atoms with van der Waals surface area (Å²) in [5, 5.41) is 14.1. The summed E-state index contributed by atoms with van der Waals surface area (Å²) >= 11 is 5.70. The third kappa shape index (κ3) is 3.53. The standard InChI is InChI=1S/C12H17ClN4O2/c1-12(2)5-3-8(4-6-12)15-10-9(17(18)19)7-14-11(13)16-10/h7-8H,3-6H2,1-2H3,(H,14,15,16). The molecule has 0 saturated heterocycles. The molecule has 0 atom stereocenters. The lowest BCUT2D eigenvalue weighted by Crippen LogP contribution is -2.30. The average Bonchev–Trinajstić information content (AvgIpc) is 2.31. The van der Waals surface area contributed by atoms with Crippen LogP contribution in [0.5, 0.6) is 0 Å². The summed E-state index contributed by atoms with van der Waals surface area (Å²) in [7, 11) is 0. The van der Waals surface area contributed by atoms with Crippen molar-refractivity contribution in [1.29, 1.82) is 0 Å². The normalized spacial score (nSPS) is 19.1. The number of hydrogen-bond donors (Lipinski definition) is 1. The fourth-order valence-electron chi connectivity index (χ4n) is 2.33. The van der Waals surface area contributed by atoms with Crippen molar-refractivity contribution in [2.24, 2.45) is 5.41 Å². The highest BCUT2D eigenvalue weighted by Gasteiger charge is 2.28. The van der Waals surface area contributed by atoms with E-state index in [4.69, 9.17) is 11.6 Å². The van der Waals surface area contributed by atoms with Gasteiger partial charge in [-0.05, 0) is 42.7 Å². The van der Waals surface area contributed by atoms with Gasteiger partial charge in [0, 0.05) is 6.04 Å². The third-order valence-electron chi connectivity index (χ3n) is 3.62. The maximum absolute atomic E-state index is 10.9. The Morgan fingerprint density at radius 3 is 2.68 bits per heavy atom. The van der Waals surface area contributed by atoms with E-state index in [0.29, 0.717) is 5.41 Å². The van der Waals surface area contributed by atoms with Gasteiger partial charge in [-0.1, -0.05) is 13.8 Å². The Labute approximate surface area is 116 Å². The van der Waals surface area contributed by atoms with Crippen LogP contribution in [0.3, 0.4) is 0 Å². The molecule has 1 aromatic heterocycles. The summed E-state index contributed by atoms with van der Waals surface area (Å²) in [6.45, 7) is 4.49. The van der Waals surface area contributed by atoms with Crippen molar-refractivity contribution in [1.82, 2.24) is 9.97 Å². The molecule has 0 aromatic carbocycles. The van der Waals surface area contributed by atoms with E-state index in [-0.39, 0.29) is 22.8 Å². The first kappa shape index (κ1) is 14.0. The van der Waals surface area contributed by atoms with E-state index in [1.165, 1.54) is 0 Å². The fourth-order valence-corrected chi connectivity index (χ4v) is 2.46. The lowest BCUT2D eigenvalue weighted by Gasteiger charge is -2.34. The Balaban J connectivity index is 2.11. The maximum atomic E-state index is 10.9. The lowest BCUT2D eigenvalue weighted by atomic mass is 9.75. The van der Waals surface area contributed by atoms with Crippen LogP contribution in [0.4, 0.5) is 11.5 Å². The molecule has 7 heteroatoms. The largest absolute Gasteiger partial charge is 0.361 e. The van der Waals surface area contributed by atoms with Crippen LogP contribution in [0.15, 0.2) is 6.20 Å². The van der Waals surface area contributed by atoms with E-state index in [0.717, 1.165) is 31.9 Å². The van der Waals surface area contributed by atoms with Gasteiger partial charge in [-0.2, -0.15) is 4.98 Å². The van der Waals surface area contributed by atoms with E-state index in [1.807, 2.05) is 0 Å². The minimum absolute atomic E-state index is 0.0178. The number of nitrogens with zero attached hydrogens (tertiary/aromatic N) is 3. The van der Waals surface area contributed by atoms with Crippen molar-refractivity contribution in [3.63, 3.8) is 0 Å². The number of anilines is 1. The van der Waals surface area contributed by atoms with Crippen LogP contribution in [-0.4, -0.2) is 20.9 Å². The molecule has 1 saturated carbocycles. The van der Waals surface area contributed by atoms with Crippen LogP contribution in [0.1, 0.15) is 39.5 Å². The first-order valence-electron chi connectivity index (χ1n) is 6.31. The molecule has 0 aliphatic heterocycles. The number of halogens is 1. The molecule has 1 fully saturated rings. The van der Waals surface area contributed by atoms with E-state index >= 15 is 0 Å². The predicted molar refractivity (Wildman–Crippen MR) is 73.4 cm³/mol. The molecule has 1 aromatic rings. The fraction of sp³-hybridized carbons (Fsp3) is 0.667. The number of nitrogens with one attached hydrogen (secondary N) is 1. The van der Waals surface area contributed by atoms with Crippen LogP contribution in [0.2, 0.25) is 5.28 Å². The minimum Gasteiger partial charge on any atom is -0.361 e. The number of aromatic nitrogens is 2.